The molecule has 1 aromatic carbocycles. The molecule has 1 aromatic heterocycles. The van der Waals surface area contributed by atoms with Gasteiger partial charge in [0.15, 0.2) is 11.5 Å². The molecule has 0 N–H and O–H groups in total. The van der Waals surface area contributed by atoms with Crippen molar-refractivity contribution in [1.82, 2.24) is 4.98 Å². The summed E-state index contributed by atoms with van der Waals surface area (Å²) in [5.74, 6) is 2.17. The van der Waals surface area contributed by atoms with Gasteiger partial charge < -0.3 is 14.2 Å². The lowest BCUT2D eigenvalue weighted by Gasteiger charge is -2.17. The van der Waals surface area contributed by atoms with E-state index in [2.05, 4.69) is 4.98 Å². The van der Waals surface area contributed by atoms with Gasteiger partial charge in [-0.3, -0.25) is 4.98 Å². The zero-order valence-corrected chi connectivity index (χ0v) is 13.5. The monoisotopic (exact) mass is 307 g/mol. The maximum Gasteiger partial charge on any atom is 0.203 e. The van der Waals surface area contributed by atoms with E-state index in [9.17, 15) is 0 Å². The minimum Gasteiger partial charge on any atom is -0.490 e. The highest BCUT2D eigenvalue weighted by Gasteiger charge is 2.15. The van der Waals surface area contributed by atoms with Crippen molar-refractivity contribution in [3.05, 3.63) is 34.3 Å². The van der Waals surface area contributed by atoms with E-state index in [4.69, 9.17) is 14.2 Å². The Morgan fingerprint density at radius 2 is 1.57 bits per heavy atom. The minimum absolute atomic E-state index is 0.578. The van der Waals surface area contributed by atoms with Crippen LogP contribution in [0.1, 0.15) is 31.2 Å². The van der Waals surface area contributed by atoms with Crippen molar-refractivity contribution in [2.45, 2.75) is 27.2 Å². The Bertz CT molecular complexity index is 528. The molecule has 21 heavy (non-hydrogen) atoms. The normalized spacial score (nSPS) is 10.4. The summed E-state index contributed by atoms with van der Waals surface area (Å²) >= 11 is 1.65. The molecular weight excluding hydrogens is 286 g/mol. The topological polar surface area (TPSA) is 40.6 Å². The number of rotatable bonds is 8. The summed E-state index contributed by atoms with van der Waals surface area (Å²) in [4.78, 5) is 5.33. The number of hydrogen-bond acceptors (Lipinski definition) is 5. The Labute approximate surface area is 129 Å². The van der Waals surface area contributed by atoms with Gasteiger partial charge in [0.25, 0.3) is 0 Å². The fourth-order valence-electron chi connectivity index (χ4n) is 2.08. The second kappa shape index (κ2) is 7.88. The van der Waals surface area contributed by atoms with Crippen LogP contribution < -0.4 is 14.2 Å². The fraction of sp³-hybridized carbons (Fsp3) is 0.438. The Hall–Kier alpha value is -1.75. The number of ether oxygens (including phenoxy) is 3. The van der Waals surface area contributed by atoms with Crippen molar-refractivity contribution in [1.29, 1.82) is 0 Å². The van der Waals surface area contributed by atoms with E-state index < -0.39 is 0 Å². The van der Waals surface area contributed by atoms with Gasteiger partial charge in [-0.2, -0.15) is 0 Å². The van der Waals surface area contributed by atoms with Crippen LogP contribution in [0.15, 0.2) is 23.8 Å². The Balaban J connectivity index is 2.36. The van der Waals surface area contributed by atoms with Crippen molar-refractivity contribution in [3.8, 4) is 17.2 Å². The number of aromatic nitrogens is 1. The second-order valence-electron chi connectivity index (χ2n) is 4.36. The van der Waals surface area contributed by atoms with Gasteiger partial charge in [-0.25, -0.2) is 0 Å². The first-order valence-corrected chi connectivity index (χ1v) is 8.09. The van der Waals surface area contributed by atoms with Crippen LogP contribution in [0.4, 0.5) is 0 Å². The summed E-state index contributed by atoms with van der Waals surface area (Å²) in [6.07, 6.45) is 2.71. The van der Waals surface area contributed by atoms with E-state index in [0.29, 0.717) is 25.6 Å². The summed E-state index contributed by atoms with van der Waals surface area (Å²) in [6.45, 7) is 7.65. The van der Waals surface area contributed by atoms with E-state index in [1.54, 1.807) is 11.3 Å². The van der Waals surface area contributed by atoms with Crippen molar-refractivity contribution in [2.75, 3.05) is 19.8 Å². The predicted octanol–water partition coefficient (Wildman–Crippen LogP) is 3.93. The molecule has 114 valence electrons. The molecule has 0 spiro atoms. The maximum atomic E-state index is 5.72. The molecule has 5 heteroatoms. The average molecular weight is 307 g/mol. The standard InChI is InChI=1S/C16H21NO3S/c1-4-18-14-8-12(7-13-10-17-11-21-13)9-15(19-5-2)16(14)20-6-3/h8-11H,4-7H2,1-3H3. The van der Waals surface area contributed by atoms with Gasteiger partial charge in [-0.05, 0) is 38.5 Å². The highest BCUT2D eigenvalue weighted by molar-refractivity contribution is 7.09. The Morgan fingerprint density at radius 1 is 0.952 bits per heavy atom. The second-order valence-corrected chi connectivity index (χ2v) is 5.34. The van der Waals surface area contributed by atoms with Crippen LogP contribution in [0, 0.1) is 0 Å². The van der Waals surface area contributed by atoms with E-state index in [0.717, 1.165) is 23.5 Å². The maximum absolute atomic E-state index is 5.72. The highest BCUT2D eigenvalue weighted by Crippen LogP contribution is 2.39. The number of nitrogens with zero attached hydrogens (tertiary/aromatic N) is 1. The van der Waals surface area contributed by atoms with Crippen LogP contribution in [0.2, 0.25) is 0 Å². The summed E-state index contributed by atoms with van der Waals surface area (Å²) in [7, 11) is 0. The van der Waals surface area contributed by atoms with Crippen LogP contribution in [0.25, 0.3) is 0 Å². The van der Waals surface area contributed by atoms with Gasteiger partial charge in [0.2, 0.25) is 5.75 Å². The van der Waals surface area contributed by atoms with Crippen LogP contribution in [-0.4, -0.2) is 24.8 Å². The number of benzene rings is 1. The molecule has 0 saturated carbocycles. The van der Waals surface area contributed by atoms with E-state index in [1.165, 1.54) is 4.88 Å². The van der Waals surface area contributed by atoms with Gasteiger partial charge >= 0.3 is 0 Å². The van der Waals surface area contributed by atoms with Gasteiger partial charge in [0.05, 0.1) is 25.3 Å². The van der Waals surface area contributed by atoms with Crippen molar-refractivity contribution < 1.29 is 14.2 Å². The molecule has 2 rings (SSSR count). The summed E-state index contributed by atoms with van der Waals surface area (Å²) < 4.78 is 17.1. The van der Waals surface area contributed by atoms with E-state index in [-0.39, 0.29) is 0 Å². The Morgan fingerprint density at radius 3 is 2.05 bits per heavy atom. The SMILES string of the molecule is CCOc1cc(Cc2cncs2)cc(OCC)c1OCC. The van der Waals surface area contributed by atoms with Gasteiger partial charge in [-0.1, -0.05) is 0 Å². The predicted molar refractivity (Wildman–Crippen MR) is 84.9 cm³/mol. The largest absolute Gasteiger partial charge is 0.490 e. The quantitative estimate of drug-likeness (QED) is 0.741. The molecular formula is C16H21NO3S. The number of thiazole rings is 1. The van der Waals surface area contributed by atoms with E-state index >= 15 is 0 Å². The third kappa shape index (κ3) is 4.11. The molecule has 2 aromatic rings. The van der Waals surface area contributed by atoms with Crippen LogP contribution in [-0.2, 0) is 6.42 Å². The first-order valence-electron chi connectivity index (χ1n) is 7.21. The molecule has 0 aliphatic rings. The number of hydrogen-bond donors (Lipinski definition) is 0. The molecule has 4 nitrogen and oxygen atoms in total. The molecule has 0 aliphatic heterocycles. The van der Waals surface area contributed by atoms with Crippen LogP contribution in [0.5, 0.6) is 17.2 Å². The fourth-order valence-corrected chi connectivity index (χ4v) is 2.70. The summed E-state index contributed by atoms with van der Waals surface area (Å²) in [5, 5.41) is 0. The lowest BCUT2D eigenvalue weighted by molar-refractivity contribution is 0.260. The van der Waals surface area contributed by atoms with Crippen molar-refractivity contribution in [2.24, 2.45) is 0 Å². The minimum atomic E-state index is 0.578. The zero-order valence-electron chi connectivity index (χ0n) is 12.7. The third-order valence-electron chi connectivity index (χ3n) is 2.83. The van der Waals surface area contributed by atoms with Crippen molar-refractivity contribution in [3.63, 3.8) is 0 Å². The van der Waals surface area contributed by atoms with Gasteiger partial charge in [0, 0.05) is 17.5 Å². The van der Waals surface area contributed by atoms with Crippen LogP contribution >= 0.6 is 11.3 Å². The first kappa shape index (κ1) is 15.6. The van der Waals surface area contributed by atoms with Gasteiger partial charge in [-0.15, -0.1) is 11.3 Å². The van der Waals surface area contributed by atoms with Gasteiger partial charge in [0.1, 0.15) is 0 Å². The molecule has 0 saturated heterocycles. The Kier molecular flexibility index (Phi) is 5.87. The summed E-state index contributed by atoms with van der Waals surface area (Å²) in [5.41, 5.74) is 2.98. The van der Waals surface area contributed by atoms with E-state index in [1.807, 2.05) is 44.6 Å². The third-order valence-corrected chi connectivity index (χ3v) is 3.61. The molecule has 1 heterocycles. The lowest BCUT2D eigenvalue weighted by atomic mass is 10.1. The zero-order chi connectivity index (χ0) is 15.1. The smallest absolute Gasteiger partial charge is 0.203 e. The molecule has 0 radical (unpaired) electrons. The van der Waals surface area contributed by atoms with Crippen molar-refractivity contribution >= 4 is 11.3 Å². The highest BCUT2D eigenvalue weighted by atomic mass is 32.1. The molecule has 0 fully saturated rings. The summed E-state index contributed by atoms with van der Waals surface area (Å²) in [6, 6.07) is 4.05. The lowest BCUT2D eigenvalue weighted by Crippen LogP contribution is -2.03. The molecule has 0 amide bonds. The van der Waals surface area contributed by atoms with Crippen LogP contribution in [0.3, 0.4) is 0 Å². The average Bonchev–Trinajstić information content (AvgIpc) is 2.96. The molecule has 0 bridgehead atoms. The molecule has 0 unspecified atom stereocenters. The first-order chi connectivity index (χ1) is 10.3. The molecule has 0 atom stereocenters. The molecule has 0 aliphatic carbocycles.